The molecule has 0 fully saturated rings. The highest BCUT2D eigenvalue weighted by molar-refractivity contribution is 7.89. The molecule has 1 amide bonds. The molecule has 0 saturated carbocycles. The Balaban J connectivity index is 1.73. The zero-order valence-corrected chi connectivity index (χ0v) is 18.8. The summed E-state index contributed by atoms with van der Waals surface area (Å²) in [6.07, 6.45) is 1.51. The largest absolute Gasteiger partial charge is 0.352 e. The van der Waals surface area contributed by atoms with E-state index in [2.05, 4.69) is 44.1 Å². The van der Waals surface area contributed by atoms with E-state index in [0.29, 0.717) is 6.54 Å². The average molecular weight is 439 g/mol. The van der Waals surface area contributed by atoms with Crippen molar-refractivity contribution in [1.82, 2.24) is 14.7 Å². The summed E-state index contributed by atoms with van der Waals surface area (Å²) in [6, 6.07) is 16.4. The van der Waals surface area contributed by atoms with Crippen LogP contribution in [0.5, 0.6) is 0 Å². The highest BCUT2D eigenvalue weighted by Gasteiger charge is 2.13. The summed E-state index contributed by atoms with van der Waals surface area (Å²) < 4.78 is 27.1. The maximum Gasteiger partial charge on any atom is 0.276 e. The number of aromatic nitrogens is 1. The molecule has 2 N–H and O–H groups in total. The summed E-state index contributed by atoms with van der Waals surface area (Å²) >= 11 is 0. The van der Waals surface area contributed by atoms with Gasteiger partial charge in [0.2, 0.25) is 5.91 Å². The van der Waals surface area contributed by atoms with Crippen LogP contribution in [0.15, 0.2) is 64.6 Å². The highest BCUT2D eigenvalue weighted by Crippen LogP contribution is 2.20. The van der Waals surface area contributed by atoms with Crippen LogP contribution in [0.2, 0.25) is 0 Å². The molecule has 0 spiro atoms. The van der Waals surface area contributed by atoms with E-state index in [-0.39, 0.29) is 10.8 Å². The number of nitrogens with one attached hydrogen (secondary N) is 2. The number of amides is 1. The van der Waals surface area contributed by atoms with Gasteiger partial charge in [-0.2, -0.15) is 13.5 Å². The number of benzene rings is 2. The van der Waals surface area contributed by atoms with Crippen molar-refractivity contribution in [2.24, 2.45) is 5.10 Å². The van der Waals surface area contributed by atoms with Crippen molar-refractivity contribution >= 4 is 22.1 Å². The van der Waals surface area contributed by atoms with Crippen molar-refractivity contribution in [3.63, 3.8) is 0 Å². The van der Waals surface area contributed by atoms with E-state index < -0.39 is 10.0 Å². The maximum absolute atomic E-state index is 12.5. The van der Waals surface area contributed by atoms with Gasteiger partial charge in [0.25, 0.3) is 10.0 Å². The molecule has 8 heteroatoms. The molecule has 0 saturated heterocycles. The molecule has 1 aromatic heterocycles. The van der Waals surface area contributed by atoms with Gasteiger partial charge in [0.15, 0.2) is 0 Å². The molecular formula is C23H26N4O3S. The minimum atomic E-state index is -3.79. The molecule has 7 nitrogen and oxygen atoms in total. The van der Waals surface area contributed by atoms with Gasteiger partial charge in [-0.15, -0.1) is 0 Å². The lowest BCUT2D eigenvalue weighted by atomic mass is 10.2. The molecule has 31 heavy (non-hydrogen) atoms. The molecule has 0 atom stereocenters. The number of hydrogen-bond donors (Lipinski definition) is 2. The van der Waals surface area contributed by atoms with Crippen LogP contribution in [0, 0.1) is 20.8 Å². The molecule has 3 aromatic rings. The Morgan fingerprint density at radius 1 is 1.03 bits per heavy atom. The van der Waals surface area contributed by atoms with Gasteiger partial charge in [-0.1, -0.05) is 29.8 Å². The second-order valence-corrected chi connectivity index (χ2v) is 9.06. The number of carbonyl (C=O) groups excluding carboxylic acids is 1. The van der Waals surface area contributed by atoms with Crippen LogP contribution in [0.3, 0.4) is 0 Å². The average Bonchev–Trinajstić information content (AvgIpc) is 3.00. The van der Waals surface area contributed by atoms with E-state index >= 15 is 0 Å². The number of carbonyl (C=O) groups is 1. The Hall–Kier alpha value is -3.39. The third kappa shape index (κ3) is 5.40. The molecule has 3 rings (SSSR count). The molecule has 0 aliphatic carbocycles. The van der Waals surface area contributed by atoms with E-state index in [1.807, 2.05) is 26.8 Å². The zero-order valence-electron chi connectivity index (χ0n) is 18.0. The van der Waals surface area contributed by atoms with Gasteiger partial charge in [-0.25, -0.2) is 4.83 Å². The van der Waals surface area contributed by atoms with E-state index in [0.717, 1.165) is 28.2 Å². The summed E-state index contributed by atoms with van der Waals surface area (Å²) in [6.45, 7) is 7.78. The minimum absolute atomic E-state index is 0.0985. The molecule has 162 valence electrons. The lowest BCUT2D eigenvalue weighted by molar-refractivity contribution is -0.119. The predicted molar refractivity (Wildman–Crippen MR) is 122 cm³/mol. The molecular weight excluding hydrogens is 412 g/mol. The number of sulfonamides is 1. The fourth-order valence-electron chi connectivity index (χ4n) is 3.24. The fourth-order valence-corrected chi connectivity index (χ4v) is 4.03. The van der Waals surface area contributed by atoms with Gasteiger partial charge in [0, 0.05) is 36.1 Å². The molecule has 0 radical (unpaired) electrons. The Bertz CT molecular complexity index is 1210. The Labute approximate surface area is 182 Å². The van der Waals surface area contributed by atoms with Gasteiger partial charge in [0.05, 0.1) is 11.1 Å². The standard InChI is InChI=1S/C23H26N4O3S/c1-16-5-9-22(10-6-16)27-17(2)13-21(18(27)3)15-25-26-31(29,30)23-11-7-20(8-12-23)14-24-19(4)28/h5-13,15,26H,14H2,1-4H3,(H,24,28). The number of hydrogen-bond acceptors (Lipinski definition) is 4. The monoisotopic (exact) mass is 438 g/mol. The van der Waals surface area contributed by atoms with Gasteiger partial charge >= 0.3 is 0 Å². The predicted octanol–water partition coefficient (Wildman–Crippen LogP) is 3.35. The van der Waals surface area contributed by atoms with Crippen molar-refractivity contribution in [2.45, 2.75) is 39.1 Å². The van der Waals surface area contributed by atoms with Crippen LogP contribution in [-0.2, 0) is 21.4 Å². The second kappa shape index (κ2) is 9.18. The zero-order chi connectivity index (χ0) is 22.6. The van der Waals surface area contributed by atoms with Gasteiger partial charge in [-0.05, 0) is 56.7 Å². The van der Waals surface area contributed by atoms with Gasteiger partial charge in [-0.3, -0.25) is 4.79 Å². The summed E-state index contributed by atoms with van der Waals surface area (Å²) in [5.41, 5.74) is 5.85. The van der Waals surface area contributed by atoms with Crippen LogP contribution < -0.4 is 10.1 Å². The summed E-state index contributed by atoms with van der Waals surface area (Å²) in [5, 5.41) is 6.63. The van der Waals surface area contributed by atoms with Crippen LogP contribution in [-0.4, -0.2) is 25.1 Å². The third-order valence-corrected chi connectivity index (χ3v) is 6.15. The normalized spacial score (nSPS) is 11.6. The first-order valence-corrected chi connectivity index (χ1v) is 11.3. The first-order chi connectivity index (χ1) is 14.7. The molecule has 0 unspecified atom stereocenters. The molecule has 2 aromatic carbocycles. The lowest BCUT2D eigenvalue weighted by Crippen LogP contribution is -2.20. The van der Waals surface area contributed by atoms with E-state index in [9.17, 15) is 13.2 Å². The SMILES string of the molecule is CC(=O)NCc1ccc(S(=O)(=O)NN=Cc2cc(C)n(-c3ccc(C)cc3)c2C)cc1. The lowest BCUT2D eigenvalue weighted by Gasteiger charge is -2.09. The summed E-state index contributed by atoms with van der Waals surface area (Å²) in [5.74, 6) is -0.144. The van der Waals surface area contributed by atoms with Crippen molar-refractivity contribution in [3.8, 4) is 5.69 Å². The Morgan fingerprint density at radius 2 is 1.68 bits per heavy atom. The van der Waals surface area contributed by atoms with E-state index in [1.54, 1.807) is 12.1 Å². The van der Waals surface area contributed by atoms with Crippen molar-refractivity contribution < 1.29 is 13.2 Å². The maximum atomic E-state index is 12.5. The van der Waals surface area contributed by atoms with Crippen molar-refractivity contribution in [3.05, 3.63) is 82.7 Å². The Kier molecular flexibility index (Phi) is 6.60. The van der Waals surface area contributed by atoms with Crippen LogP contribution >= 0.6 is 0 Å². The molecule has 1 heterocycles. The molecule has 0 bridgehead atoms. The first kappa shape index (κ1) is 22.3. The summed E-state index contributed by atoms with van der Waals surface area (Å²) in [7, 11) is -3.79. The third-order valence-electron chi connectivity index (χ3n) is 4.91. The van der Waals surface area contributed by atoms with E-state index in [4.69, 9.17) is 0 Å². The number of rotatable bonds is 7. The fraction of sp³-hybridized carbons (Fsp3) is 0.217. The quantitative estimate of drug-likeness (QED) is 0.438. The first-order valence-electron chi connectivity index (χ1n) is 9.81. The smallest absolute Gasteiger partial charge is 0.276 e. The topological polar surface area (TPSA) is 92.6 Å². The Morgan fingerprint density at radius 3 is 2.29 bits per heavy atom. The summed E-state index contributed by atoms with van der Waals surface area (Å²) in [4.78, 5) is 13.3. The minimum Gasteiger partial charge on any atom is -0.352 e. The van der Waals surface area contributed by atoms with Crippen molar-refractivity contribution in [2.75, 3.05) is 0 Å². The van der Waals surface area contributed by atoms with Gasteiger partial charge in [0.1, 0.15) is 0 Å². The van der Waals surface area contributed by atoms with Gasteiger partial charge < -0.3 is 9.88 Å². The number of nitrogens with zero attached hydrogens (tertiary/aromatic N) is 2. The second-order valence-electron chi connectivity index (χ2n) is 7.40. The van der Waals surface area contributed by atoms with Crippen LogP contribution in [0.25, 0.3) is 5.69 Å². The molecule has 0 aliphatic rings. The highest BCUT2D eigenvalue weighted by atomic mass is 32.2. The van der Waals surface area contributed by atoms with Crippen LogP contribution in [0.4, 0.5) is 0 Å². The molecule has 0 aliphatic heterocycles. The number of hydrazone groups is 1. The van der Waals surface area contributed by atoms with E-state index in [1.165, 1.54) is 30.8 Å². The van der Waals surface area contributed by atoms with Crippen LogP contribution in [0.1, 0.15) is 35.0 Å². The van der Waals surface area contributed by atoms with Crippen molar-refractivity contribution in [1.29, 1.82) is 0 Å². The number of aryl methyl sites for hydroxylation is 2.